The summed E-state index contributed by atoms with van der Waals surface area (Å²) >= 11 is 0. The van der Waals surface area contributed by atoms with E-state index < -0.39 is 12.1 Å². The van der Waals surface area contributed by atoms with E-state index >= 15 is 0 Å². The molecule has 0 saturated heterocycles. The SMILES string of the molecule is CCOC(=O)C(C)Oc1cccc(O)c1C. The first-order valence-electron chi connectivity index (χ1n) is 5.18. The van der Waals surface area contributed by atoms with Crippen molar-refractivity contribution in [3.63, 3.8) is 0 Å². The lowest BCUT2D eigenvalue weighted by Crippen LogP contribution is -2.26. The molecule has 1 rings (SSSR count). The molecular weight excluding hydrogens is 208 g/mol. The predicted molar refractivity (Wildman–Crippen MR) is 59.6 cm³/mol. The maximum Gasteiger partial charge on any atom is 0.347 e. The first-order chi connectivity index (χ1) is 7.56. The molecule has 0 heterocycles. The topological polar surface area (TPSA) is 55.8 Å². The van der Waals surface area contributed by atoms with Crippen molar-refractivity contribution in [3.05, 3.63) is 23.8 Å². The van der Waals surface area contributed by atoms with Crippen molar-refractivity contribution in [2.75, 3.05) is 6.61 Å². The van der Waals surface area contributed by atoms with Crippen LogP contribution in [-0.4, -0.2) is 23.8 Å². The number of phenolic OH excluding ortho intramolecular Hbond substituents is 1. The second kappa shape index (κ2) is 5.39. The van der Waals surface area contributed by atoms with Crippen LogP contribution in [0.5, 0.6) is 11.5 Å². The van der Waals surface area contributed by atoms with Crippen LogP contribution >= 0.6 is 0 Å². The number of hydrogen-bond acceptors (Lipinski definition) is 4. The minimum Gasteiger partial charge on any atom is -0.508 e. The fourth-order valence-corrected chi connectivity index (χ4v) is 1.23. The minimum atomic E-state index is -0.680. The van der Waals surface area contributed by atoms with Gasteiger partial charge in [-0.1, -0.05) is 6.07 Å². The summed E-state index contributed by atoms with van der Waals surface area (Å²) in [4.78, 5) is 11.3. The number of esters is 1. The van der Waals surface area contributed by atoms with Gasteiger partial charge in [0.2, 0.25) is 0 Å². The zero-order valence-electron chi connectivity index (χ0n) is 9.69. The number of carbonyl (C=O) groups is 1. The van der Waals surface area contributed by atoms with Crippen LogP contribution in [0, 0.1) is 6.92 Å². The molecular formula is C12H16O4. The Morgan fingerprint density at radius 1 is 1.50 bits per heavy atom. The van der Waals surface area contributed by atoms with Crippen LogP contribution < -0.4 is 4.74 Å². The van der Waals surface area contributed by atoms with Crippen LogP contribution in [0.3, 0.4) is 0 Å². The summed E-state index contributed by atoms with van der Waals surface area (Å²) in [7, 11) is 0. The highest BCUT2D eigenvalue weighted by Gasteiger charge is 2.17. The number of aromatic hydroxyl groups is 1. The zero-order valence-corrected chi connectivity index (χ0v) is 9.69. The summed E-state index contributed by atoms with van der Waals surface area (Å²) in [6.45, 7) is 5.40. The van der Waals surface area contributed by atoms with Crippen molar-refractivity contribution in [1.29, 1.82) is 0 Å². The number of benzene rings is 1. The van der Waals surface area contributed by atoms with Crippen molar-refractivity contribution < 1.29 is 19.4 Å². The summed E-state index contributed by atoms with van der Waals surface area (Å²) in [6, 6.07) is 4.93. The maximum atomic E-state index is 11.3. The highest BCUT2D eigenvalue weighted by Crippen LogP contribution is 2.26. The molecule has 0 fully saturated rings. The van der Waals surface area contributed by atoms with E-state index in [0.29, 0.717) is 17.9 Å². The first-order valence-corrected chi connectivity index (χ1v) is 5.18. The Hall–Kier alpha value is -1.71. The second-order valence-corrected chi connectivity index (χ2v) is 3.41. The van der Waals surface area contributed by atoms with Crippen molar-refractivity contribution in [2.24, 2.45) is 0 Å². The lowest BCUT2D eigenvalue weighted by atomic mass is 10.2. The molecule has 1 aromatic rings. The van der Waals surface area contributed by atoms with Gasteiger partial charge in [0.05, 0.1) is 6.61 Å². The van der Waals surface area contributed by atoms with Gasteiger partial charge in [0, 0.05) is 5.56 Å². The average molecular weight is 224 g/mol. The molecule has 0 bridgehead atoms. The molecule has 0 aliphatic carbocycles. The molecule has 0 aliphatic heterocycles. The monoisotopic (exact) mass is 224 g/mol. The van der Waals surface area contributed by atoms with E-state index in [4.69, 9.17) is 9.47 Å². The normalized spacial score (nSPS) is 11.9. The number of ether oxygens (including phenoxy) is 2. The van der Waals surface area contributed by atoms with Crippen LogP contribution in [0.4, 0.5) is 0 Å². The highest BCUT2D eigenvalue weighted by molar-refractivity contribution is 5.74. The highest BCUT2D eigenvalue weighted by atomic mass is 16.6. The Morgan fingerprint density at radius 3 is 2.81 bits per heavy atom. The summed E-state index contributed by atoms with van der Waals surface area (Å²) < 4.78 is 10.2. The lowest BCUT2D eigenvalue weighted by Gasteiger charge is -2.15. The predicted octanol–water partition coefficient (Wildman–Crippen LogP) is 2.03. The second-order valence-electron chi connectivity index (χ2n) is 3.41. The van der Waals surface area contributed by atoms with Gasteiger partial charge in [-0.15, -0.1) is 0 Å². The number of carbonyl (C=O) groups excluding carboxylic acids is 1. The molecule has 0 aliphatic rings. The number of phenols is 1. The molecule has 0 saturated carbocycles. The van der Waals surface area contributed by atoms with E-state index in [1.165, 1.54) is 0 Å². The molecule has 88 valence electrons. The maximum absolute atomic E-state index is 11.3. The third-order valence-corrected chi connectivity index (χ3v) is 2.18. The Balaban J connectivity index is 2.73. The fourth-order valence-electron chi connectivity index (χ4n) is 1.23. The van der Waals surface area contributed by atoms with Gasteiger partial charge in [0.1, 0.15) is 11.5 Å². The van der Waals surface area contributed by atoms with Crippen LogP contribution in [-0.2, 0) is 9.53 Å². The van der Waals surface area contributed by atoms with Gasteiger partial charge in [-0.3, -0.25) is 0 Å². The van der Waals surface area contributed by atoms with Crippen molar-refractivity contribution >= 4 is 5.97 Å². The summed E-state index contributed by atoms with van der Waals surface area (Å²) in [5.74, 6) is 0.222. The first kappa shape index (κ1) is 12.4. The van der Waals surface area contributed by atoms with Crippen molar-refractivity contribution in [1.82, 2.24) is 0 Å². The summed E-state index contributed by atoms with van der Waals surface area (Å²) in [6.07, 6.45) is -0.680. The van der Waals surface area contributed by atoms with Crippen molar-refractivity contribution in [3.8, 4) is 11.5 Å². The smallest absolute Gasteiger partial charge is 0.347 e. The van der Waals surface area contributed by atoms with E-state index in [2.05, 4.69) is 0 Å². The van der Waals surface area contributed by atoms with Gasteiger partial charge in [-0.2, -0.15) is 0 Å². The van der Waals surface area contributed by atoms with Crippen LogP contribution in [0.1, 0.15) is 19.4 Å². The summed E-state index contributed by atoms with van der Waals surface area (Å²) in [5, 5.41) is 9.46. The van der Waals surface area contributed by atoms with Crippen LogP contribution in [0.25, 0.3) is 0 Å². The van der Waals surface area contributed by atoms with Gasteiger partial charge in [0.25, 0.3) is 0 Å². The van der Waals surface area contributed by atoms with E-state index in [0.717, 1.165) is 0 Å². The van der Waals surface area contributed by atoms with Gasteiger partial charge in [0.15, 0.2) is 6.10 Å². The number of hydrogen-bond donors (Lipinski definition) is 1. The molecule has 1 unspecified atom stereocenters. The molecule has 1 aromatic carbocycles. The largest absolute Gasteiger partial charge is 0.508 e. The lowest BCUT2D eigenvalue weighted by molar-refractivity contribution is -0.150. The summed E-state index contributed by atoms with van der Waals surface area (Å²) in [5.41, 5.74) is 0.610. The van der Waals surface area contributed by atoms with E-state index in [1.54, 1.807) is 39.0 Å². The zero-order chi connectivity index (χ0) is 12.1. The molecule has 0 amide bonds. The van der Waals surface area contributed by atoms with Crippen molar-refractivity contribution in [2.45, 2.75) is 26.9 Å². The standard InChI is InChI=1S/C12H16O4/c1-4-15-12(14)9(3)16-11-7-5-6-10(13)8(11)2/h5-7,9,13H,4H2,1-3H3. The Labute approximate surface area is 94.8 Å². The molecule has 4 heteroatoms. The average Bonchev–Trinajstić information content (AvgIpc) is 2.25. The molecule has 4 nitrogen and oxygen atoms in total. The molecule has 0 radical (unpaired) electrons. The Kier molecular flexibility index (Phi) is 4.17. The van der Waals surface area contributed by atoms with Crippen LogP contribution in [0.15, 0.2) is 18.2 Å². The minimum absolute atomic E-state index is 0.147. The fraction of sp³-hybridized carbons (Fsp3) is 0.417. The van der Waals surface area contributed by atoms with Gasteiger partial charge in [-0.25, -0.2) is 4.79 Å². The molecule has 16 heavy (non-hydrogen) atoms. The third-order valence-electron chi connectivity index (χ3n) is 2.18. The van der Waals surface area contributed by atoms with Gasteiger partial charge in [-0.05, 0) is 32.9 Å². The van der Waals surface area contributed by atoms with E-state index in [9.17, 15) is 9.90 Å². The molecule has 1 N–H and O–H groups in total. The van der Waals surface area contributed by atoms with Crippen LogP contribution in [0.2, 0.25) is 0 Å². The Bertz CT molecular complexity index is 373. The van der Waals surface area contributed by atoms with E-state index in [-0.39, 0.29) is 5.75 Å². The van der Waals surface area contributed by atoms with E-state index in [1.807, 2.05) is 0 Å². The Morgan fingerprint density at radius 2 is 2.19 bits per heavy atom. The third kappa shape index (κ3) is 2.89. The molecule has 0 spiro atoms. The van der Waals surface area contributed by atoms with Gasteiger partial charge >= 0.3 is 5.97 Å². The van der Waals surface area contributed by atoms with Gasteiger partial charge < -0.3 is 14.6 Å². The number of rotatable bonds is 4. The molecule has 1 atom stereocenters. The quantitative estimate of drug-likeness (QED) is 0.795. The molecule has 0 aromatic heterocycles.